The van der Waals surface area contributed by atoms with E-state index in [-0.39, 0.29) is 24.9 Å². The first-order valence-electron chi connectivity index (χ1n) is 12.2. The topological polar surface area (TPSA) is 71.8 Å². The number of carbonyl (C=O) groups excluding carboxylic acids is 1. The number of amides is 1. The molecule has 0 unspecified atom stereocenters. The monoisotopic (exact) mass is 486 g/mol. The number of nitrogens with zero attached hydrogens (tertiary/aromatic N) is 2. The van der Waals surface area contributed by atoms with Crippen LogP contribution in [-0.2, 0) is 11.2 Å². The Morgan fingerprint density at radius 3 is 2.69 bits per heavy atom. The van der Waals surface area contributed by atoms with Crippen LogP contribution in [0.4, 0.5) is 4.39 Å². The van der Waals surface area contributed by atoms with Crippen molar-refractivity contribution in [2.24, 2.45) is 5.92 Å². The number of rotatable bonds is 7. The third-order valence-electron chi connectivity index (χ3n) is 6.88. The first-order chi connectivity index (χ1) is 17.6. The van der Waals surface area contributed by atoms with Gasteiger partial charge in [-0.25, -0.2) is 4.39 Å². The van der Waals surface area contributed by atoms with E-state index in [9.17, 15) is 9.18 Å². The van der Waals surface area contributed by atoms with Gasteiger partial charge in [0.2, 0.25) is 6.79 Å². The highest BCUT2D eigenvalue weighted by atomic mass is 19.1. The van der Waals surface area contributed by atoms with Crippen LogP contribution in [0.3, 0.4) is 0 Å². The van der Waals surface area contributed by atoms with Crippen LogP contribution >= 0.6 is 0 Å². The molecule has 0 radical (unpaired) electrons. The van der Waals surface area contributed by atoms with Crippen LogP contribution in [0.15, 0.2) is 60.7 Å². The van der Waals surface area contributed by atoms with Gasteiger partial charge in [-0.15, -0.1) is 0 Å². The summed E-state index contributed by atoms with van der Waals surface area (Å²) in [4.78, 5) is 14.7. The molecule has 2 aliphatic rings. The second-order valence-electron chi connectivity index (χ2n) is 9.14. The first kappa shape index (κ1) is 23.7. The number of fused-ring (bicyclic) bond motifs is 1. The predicted molar refractivity (Wildman–Crippen MR) is 132 cm³/mol. The van der Waals surface area contributed by atoms with Crippen molar-refractivity contribution in [3.8, 4) is 34.4 Å². The lowest BCUT2D eigenvalue weighted by Crippen LogP contribution is -2.41. The van der Waals surface area contributed by atoms with Gasteiger partial charge in [-0.1, -0.05) is 30.3 Å². The molecule has 1 fully saturated rings. The fourth-order valence-corrected chi connectivity index (χ4v) is 4.78. The summed E-state index contributed by atoms with van der Waals surface area (Å²) in [6.45, 7) is 1.67. The van der Waals surface area contributed by atoms with Crippen molar-refractivity contribution in [1.29, 1.82) is 5.26 Å². The highest BCUT2D eigenvalue weighted by Crippen LogP contribution is 2.34. The van der Waals surface area contributed by atoms with Gasteiger partial charge < -0.3 is 19.1 Å². The van der Waals surface area contributed by atoms with Crippen molar-refractivity contribution in [3.63, 3.8) is 0 Å². The molecule has 1 amide bonds. The maximum Gasteiger partial charge on any atom is 0.260 e. The number of carbonyl (C=O) groups is 1. The molecular weight excluding hydrogens is 459 g/mol. The van der Waals surface area contributed by atoms with Crippen LogP contribution in [-0.4, -0.2) is 37.3 Å². The summed E-state index contributed by atoms with van der Waals surface area (Å²) < 4.78 is 30.5. The van der Waals surface area contributed by atoms with Crippen LogP contribution < -0.4 is 14.2 Å². The summed E-state index contributed by atoms with van der Waals surface area (Å²) in [6.07, 6.45) is 4.00. The van der Waals surface area contributed by atoms with Gasteiger partial charge in [0.05, 0.1) is 5.56 Å². The maximum absolute atomic E-state index is 13.7. The lowest BCUT2D eigenvalue weighted by atomic mass is 9.90. The van der Waals surface area contributed by atoms with Crippen molar-refractivity contribution in [3.05, 3.63) is 77.6 Å². The van der Waals surface area contributed by atoms with Crippen LogP contribution in [0, 0.1) is 23.1 Å². The molecular formula is C29H27FN2O4. The Morgan fingerprint density at radius 2 is 1.86 bits per heavy atom. The number of halogens is 1. The minimum Gasteiger partial charge on any atom is -0.483 e. The fraction of sp³-hybridized carbons (Fsp3) is 0.310. The quantitative estimate of drug-likeness (QED) is 0.451. The number of piperidine rings is 1. The Kier molecular flexibility index (Phi) is 7.03. The minimum absolute atomic E-state index is 0.0280. The number of likely N-dealkylation sites (tertiary alicyclic amines) is 1. The molecule has 3 aromatic carbocycles. The third-order valence-corrected chi connectivity index (χ3v) is 6.88. The third kappa shape index (κ3) is 5.28. The van der Waals surface area contributed by atoms with Gasteiger partial charge in [0.15, 0.2) is 18.1 Å². The van der Waals surface area contributed by atoms with Gasteiger partial charge in [0.1, 0.15) is 17.6 Å². The molecule has 2 aliphatic heterocycles. The van der Waals surface area contributed by atoms with Crippen LogP contribution in [0.5, 0.6) is 17.2 Å². The van der Waals surface area contributed by atoms with E-state index in [1.54, 1.807) is 12.1 Å². The second kappa shape index (κ2) is 10.7. The minimum atomic E-state index is -0.561. The molecule has 7 heteroatoms. The molecule has 0 bridgehead atoms. The van der Waals surface area contributed by atoms with Crippen molar-refractivity contribution in [1.82, 2.24) is 4.90 Å². The Labute approximate surface area is 209 Å². The molecule has 6 nitrogen and oxygen atoms in total. The number of hydrogen-bond acceptors (Lipinski definition) is 5. The van der Waals surface area contributed by atoms with Crippen molar-refractivity contribution in [2.45, 2.75) is 25.7 Å². The van der Waals surface area contributed by atoms with E-state index in [4.69, 9.17) is 19.5 Å². The lowest BCUT2D eigenvalue weighted by molar-refractivity contribution is -0.134. The van der Waals surface area contributed by atoms with E-state index >= 15 is 0 Å². The zero-order chi connectivity index (χ0) is 24.9. The molecule has 0 saturated carbocycles. The van der Waals surface area contributed by atoms with Gasteiger partial charge in [-0.05, 0) is 73.1 Å². The molecule has 0 spiro atoms. The zero-order valence-corrected chi connectivity index (χ0v) is 19.9. The van der Waals surface area contributed by atoms with Crippen molar-refractivity contribution < 1.29 is 23.4 Å². The summed E-state index contributed by atoms with van der Waals surface area (Å²) >= 11 is 0. The number of hydrogen-bond donors (Lipinski definition) is 0. The number of para-hydroxylation sites is 1. The molecule has 3 aromatic rings. The normalized spacial score (nSPS) is 14.9. The smallest absolute Gasteiger partial charge is 0.260 e. The van der Waals surface area contributed by atoms with Crippen LogP contribution in [0.2, 0.25) is 0 Å². The van der Waals surface area contributed by atoms with E-state index in [0.717, 1.165) is 50.3 Å². The maximum atomic E-state index is 13.7. The molecule has 36 heavy (non-hydrogen) atoms. The lowest BCUT2D eigenvalue weighted by Gasteiger charge is -2.32. The molecule has 0 atom stereocenters. The standard InChI is InChI=1S/C29H27FN2O4/c30-25-9-8-22(16-23(25)17-31)24-3-1-2-4-26(24)34-18-29(33)32-13-11-20(12-14-32)5-6-21-7-10-27-28(15-21)36-19-35-27/h1-4,7-10,15-16,20H,5-6,11-14,18-19H2. The molecule has 184 valence electrons. The summed E-state index contributed by atoms with van der Waals surface area (Å²) in [5.41, 5.74) is 2.59. The summed E-state index contributed by atoms with van der Waals surface area (Å²) in [5.74, 6) is 2.12. The Balaban J connectivity index is 1.12. The Hall–Kier alpha value is -4.05. The average Bonchev–Trinajstić information content (AvgIpc) is 3.39. The van der Waals surface area contributed by atoms with Gasteiger partial charge in [-0.3, -0.25) is 4.79 Å². The zero-order valence-electron chi connectivity index (χ0n) is 19.9. The van der Waals surface area contributed by atoms with Crippen molar-refractivity contribution >= 4 is 5.91 Å². The van der Waals surface area contributed by atoms with Crippen LogP contribution in [0.25, 0.3) is 11.1 Å². The highest BCUT2D eigenvalue weighted by Gasteiger charge is 2.23. The molecule has 0 aliphatic carbocycles. The SMILES string of the molecule is N#Cc1cc(-c2ccccc2OCC(=O)N2CCC(CCc3ccc4c(c3)OCO4)CC2)ccc1F. The number of ether oxygens (including phenoxy) is 3. The largest absolute Gasteiger partial charge is 0.483 e. The summed E-state index contributed by atoms with van der Waals surface area (Å²) in [5, 5.41) is 9.14. The summed E-state index contributed by atoms with van der Waals surface area (Å²) in [6, 6.07) is 19.6. The molecule has 0 aromatic heterocycles. The van der Waals surface area contributed by atoms with Gasteiger partial charge in [-0.2, -0.15) is 5.26 Å². The molecule has 5 rings (SSSR count). The van der Waals surface area contributed by atoms with E-state index in [0.29, 0.717) is 22.8 Å². The van der Waals surface area contributed by atoms with E-state index in [1.807, 2.05) is 35.2 Å². The fourth-order valence-electron chi connectivity index (χ4n) is 4.78. The summed E-state index contributed by atoms with van der Waals surface area (Å²) in [7, 11) is 0. The number of nitriles is 1. The molecule has 0 N–H and O–H groups in total. The predicted octanol–water partition coefficient (Wildman–Crippen LogP) is 5.34. The highest BCUT2D eigenvalue weighted by molar-refractivity contribution is 5.78. The van der Waals surface area contributed by atoms with Gasteiger partial charge in [0, 0.05) is 18.7 Å². The Morgan fingerprint density at radius 1 is 1.06 bits per heavy atom. The second-order valence-corrected chi connectivity index (χ2v) is 9.14. The van der Waals surface area contributed by atoms with Crippen molar-refractivity contribution in [2.75, 3.05) is 26.5 Å². The number of benzene rings is 3. The van der Waals surface area contributed by atoms with E-state index < -0.39 is 5.82 Å². The van der Waals surface area contributed by atoms with E-state index in [2.05, 4.69) is 12.1 Å². The molecule has 1 saturated heterocycles. The van der Waals surface area contributed by atoms with Crippen LogP contribution in [0.1, 0.15) is 30.4 Å². The molecule has 2 heterocycles. The number of aryl methyl sites for hydroxylation is 1. The average molecular weight is 487 g/mol. The van der Waals surface area contributed by atoms with Gasteiger partial charge in [0.25, 0.3) is 5.91 Å². The van der Waals surface area contributed by atoms with E-state index in [1.165, 1.54) is 17.7 Å². The van der Waals surface area contributed by atoms with Gasteiger partial charge >= 0.3 is 0 Å². The Bertz CT molecular complexity index is 1290. The first-order valence-corrected chi connectivity index (χ1v) is 12.2.